The molecule has 0 radical (unpaired) electrons. The van der Waals surface area contributed by atoms with Gasteiger partial charge in [-0.25, -0.2) is 13.8 Å². The van der Waals surface area contributed by atoms with Gasteiger partial charge in [-0.15, -0.1) is 0 Å². The number of halogens is 4. The number of hydrogen-bond donors (Lipinski definition) is 0. The van der Waals surface area contributed by atoms with Crippen molar-refractivity contribution in [1.82, 2.24) is 4.98 Å². The third-order valence-electron chi connectivity index (χ3n) is 1.32. The standard InChI is InChI=1S/C7H3BrF3NO/c8-4-1-5(6(9)10)12-7(11)3(4)2-13/h1-2,6H. The second-order valence-corrected chi connectivity index (χ2v) is 3.01. The Morgan fingerprint density at radius 1 is 1.54 bits per heavy atom. The van der Waals surface area contributed by atoms with Crippen LogP contribution < -0.4 is 0 Å². The molecule has 0 saturated heterocycles. The number of carbonyl (C=O) groups is 1. The Balaban J connectivity index is 3.28. The largest absolute Gasteiger partial charge is 0.298 e. The van der Waals surface area contributed by atoms with Crippen molar-refractivity contribution >= 4 is 22.2 Å². The van der Waals surface area contributed by atoms with Crippen LogP contribution in [0, 0.1) is 5.95 Å². The van der Waals surface area contributed by atoms with Gasteiger partial charge in [0.25, 0.3) is 6.43 Å². The molecule has 0 bridgehead atoms. The first-order valence-corrected chi connectivity index (χ1v) is 3.95. The first-order valence-electron chi connectivity index (χ1n) is 3.15. The van der Waals surface area contributed by atoms with E-state index in [0.29, 0.717) is 0 Å². The molecule has 0 N–H and O–H groups in total. The van der Waals surface area contributed by atoms with Crippen LogP contribution in [0.3, 0.4) is 0 Å². The molecule has 0 aromatic carbocycles. The summed E-state index contributed by atoms with van der Waals surface area (Å²) in [7, 11) is 0. The molecule has 1 rings (SSSR count). The first-order chi connectivity index (χ1) is 6.06. The van der Waals surface area contributed by atoms with E-state index in [4.69, 9.17) is 0 Å². The summed E-state index contributed by atoms with van der Waals surface area (Å²) in [6.07, 6.45) is -2.65. The minimum atomic E-state index is -2.86. The summed E-state index contributed by atoms with van der Waals surface area (Å²) in [5.74, 6) is -1.19. The lowest BCUT2D eigenvalue weighted by Crippen LogP contribution is -1.99. The van der Waals surface area contributed by atoms with E-state index in [9.17, 15) is 18.0 Å². The molecule has 1 aromatic rings. The number of carbonyl (C=O) groups excluding carboxylic acids is 1. The Labute approximate surface area is 79.9 Å². The minimum absolute atomic E-state index is 0.0229. The summed E-state index contributed by atoms with van der Waals surface area (Å²) < 4.78 is 36.8. The lowest BCUT2D eigenvalue weighted by Gasteiger charge is -2.02. The van der Waals surface area contributed by atoms with Gasteiger partial charge in [-0.2, -0.15) is 4.39 Å². The summed E-state index contributed by atoms with van der Waals surface area (Å²) in [6, 6.07) is 0.914. The average Bonchev–Trinajstić information content (AvgIpc) is 2.03. The molecule has 0 unspecified atom stereocenters. The van der Waals surface area contributed by atoms with Crippen molar-refractivity contribution < 1.29 is 18.0 Å². The summed E-state index contributed by atoms with van der Waals surface area (Å²) >= 11 is 2.78. The molecular formula is C7H3BrF3NO. The molecule has 1 aromatic heterocycles. The van der Waals surface area contributed by atoms with Crippen LogP contribution in [0.4, 0.5) is 13.2 Å². The van der Waals surface area contributed by atoms with Crippen LogP contribution in [0.5, 0.6) is 0 Å². The van der Waals surface area contributed by atoms with Crippen LogP contribution in [0.15, 0.2) is 10.5 Å². The summed E-state index contributed by atoms with van der Waals surface area (Å²) in [6.45, 7) is 0. The van der Waals surface area contributed by atoms with E-state index >= 15 is 0 Å². The number of rotatable bonds is 2. The molecule has 0 fully saturated rings. The SMILES string of the molecule is O=Cc1c(Br)cc(C(F)F)nc1F. The van der Waals surface area contributed by atoms with Gasteiger partial charge in [0.05, 0.1) is 5.56 Å². The fourth-order valence-electron chi connectivity index (χ4n) is 0.729. The molecule has 0 aliphatic carbocycles. The zero-order valence-corrected chi connectivity index (χ0v) is 7.69. The van der Waals surface area contributed by atoms with E-state index in [-0.39, 0.29) is 16.3 Å². The van der Waals surface area contributed by atoms with Gasteiger partial charge in [-0.1, -0.05) is 0 Å². The average molecular weight is 254 g/mol. The normalized spacial score (nSPS) is 10.5. The number of alkyl halides is 2. The quantitative estimate of drug-likeness (QED) is 0.600. The zero-order chi connectivity index (χ0) is 10.0. The number of nitrogens with zero attached hydrogens (tertiary/aromatic N) is 1. The smallest absolute Gasteiger partial charge is 0.280 e. The van der Waals surface area contributed by atoms with Crippen molar-refractivity contribution in [1.29, 1.82) is 0 Å². The highest BCUT2D eigenvalue weighted by Crippen LogP contribution is 2.23. The second kappa shape index (κ2) is 3.87. The maximum Gasteiger partial charge on any atom is 0.280 e. The van der Waals surface area contributed by atoms with Gasteiger partial charge in [-0.05, 0) is 22.0 Å². The lowest BCUT2D eigenvalue weighted by atomic mass is 10.2. The van der Waals surface area contributed by atoms with Crippen LogP contribution in [0.2, 0.25) is 0 Å². The molecule has 0 aliphatic rings. The number of aromatic nitrogens is 1. The van der Waals surface area contributed by atoms with Gasteiger partial charge in [0.2, 0.25) is 5.95 Å². The van der Waals surface area contributed by atoms with Gasteiger partial charge in [0, 0.05) is 4.47 Å². The van der Waals surface area contributed by atoms with Crippen molar-refractivity contribution in [2.45, 2.75) is 6.43 Å². The Morgan fingerprint density at radius 3 is 2.54 bits per heavy atom. The molecule has 13 heavy (non-hydrogen) atoms. The van der Waals surface area contributed by atoms with E-state index in [1.807, 2.05) is 0 Å². The van der Waals surface area contributed by atoms with E-state index in [0.717, 1.165) is 6.07 Å². The maximum absolute atomic E-state index is 12.8. The summed E-state index contributed by atoms with van der Waals surface area (Å²) in [5, 5.41) is 0. The number of hydrogen-bond acceptors (Lipinski definition) is 2. The van der Waals surface area contributed by atoms with Gasteiger partial charge < -0.3 is 0 Å². The molecule has 1 heterocycles. The molecule has 2 nitrogen and oxygen atoms in total. The Kier molecular flexibility index (Phi) is 3.02. The predicted molar refractivity (Wildman–Crippen MR) is 42.2 cm³/mol. The van der Waals surface area contributed by atoms with Gasteiger partial charge in [0.15, 0.2) is 6.29 Å². The van der Waals surface area contributed by atoms with Crippen molar-refractivity contribution in [2.24, 2.45) is 0 Å². The summed E-state index contributed by atoms with van der Waals surface area (Å²) in [5.41, 5.74) is -1.06. The van der Waals surface area contributed by atoms with Crippen LogP contribution in [-0.4, -0.2) is 11.3 Å². The fourth-order valence-corrected chi connectivity index (χ4v) is 1.22. The van der Waals surface area contributed by atoms with E-state index < -0.39 is 18.1 Å². The Bertz CT molecular complexity index is 320. The van der Waals surface area contributed by atoms with E-state index in [2.05, 4.69) is 20.9 Å². The maximum atomic E-state index is 12.8. The molecule has 70 valence electrons. The zero-order valence-electron chi connectivity index (χ0n) is 6.10. The minimum Gasteiger partial charge on any atom is -0.298 e. The van der Waals surface area contributed by atoms with Crippen molar-refractivity contribution in [3.63, 3.8) is 0 Å². The number of aldehydes is 1. The van der Waals surface area contributed by atoms with E-state index in [1.54, 1.807) is 0 Å². The van der Waals surface area contributed by atoms with Crippen molar-refractivity contribution in [3.05, 3.63) is 27.7 Å². The molecule has 0 aliphatic heterocycles. The molecule has 0 saturated carbocycles. The van der Waals surface area contributed by atoms with Crippen molar-refractivity contribution in [2.75, 3.05) is 0 Å². The lowest BCUT2D eigenvalue weighted by molar-refractivity contribution is 0.111. The second-order valence-electron chi connectivity index (χ2n) is 2.15. The monoisotopic (exact) mass is 253 g/mol. The molecule has 0 spiro atoms. The first kappa shape index (κ1) is 10.2. The third-order valence-corrected chi connectivity index (χ3v) is 1.98. The van der Waals surface area contributed by atoms with Crippen LogP contribution in [0.1, 0.15) is 22.5 Å². The van der Waals surface area contributed by atoms with Gasteiger partial charge in [0.1, 0.15) is 5.69 Å². The Hall–Kier alpha value is -0.910. The van der Waals surface area contributed by atoms with Gasteiger partial charge >= 0.3 is 0 Å². The van der Waals surface area contributed by atoms with Crippen LogP contribution in [0.25, 0.3) is 0 Å². The summed E-state index contributed by atoms with van der Waals surface area (Å²) in [4.78, 5) is 13.2. The highest BCUT2D eigenvalue weighted by molar-refractivity contribution is 9.10. The molecular weight excluding hydrogens is 251 g/mol. The topological polar surface area (TPSA) is 30.0 Å². The molecule has 0 atom stereocenters. The van der Waals surface area contributed by atoms with Crippen LogP contribution >= 0.6 is 15.9 Å². The van der Waals surface area contributed by atoms with Crippen molar-refractivity contribution in [3.8, 4) is 0 Å². The predicted octanol–water partition coefficient (Wildman–Crippen LogP) is 2.73. The third kappa shape index (κ3) is 2.06. The Morgan fingerprint density at radius 2 is 2.15 bits per heavy atom. The van der Waals surface area contributed by atoms with E-state index in [1.165, 1.54) is 0 Å². The highest BCUT2D eigenvalue weighted by atomic mass is 79.9. The highest BCUT2D eigenvalue weighted by Gasteiger charge is 2.15. The molecule has 6 heteroatoms. The number of pyridine rings is 1. The fraction of sp³-hybridized carbons (Fsp3) is 0.143. The van der Waals surface area contributed by atoms with Gasteiger partial charge in [-0.3, -0.25) is 4.79 Å². The van der Waals surface area contributed by atoms with Crippen LogP contribution in [-0.2, 0) is 0 Å². The molecule has 0 amide bonds.